The summed E-state index contributed by atoms with van der Waals surface area (Å²) in [7, 11) is -3.77. The second-order valence-corrected chi connectivity index (χ2v) is 9.78. The number of anilines is 2. The highest BCUT2D eigenvalue weighted by Crippen LogP contribution is 2.50. The number of hydrogen-bond donors (Lipinski definition) is 0. The number of para-hydroxylation sites is 1. The summed E-state index contributed by atoms with van der Waals surface area (Å²) in [4.78, 5) is 14.7. The highest BCUT2D eigenvalue weighted by molar-refractivity contribution is 7.89. The fraction of sp³-hybridized carbons (Fsp3) is 0.364. The lowest BCUT2D eigenvalue weighted by Gasteiger charge is -2.32. The molecule has 0 N–H and O–H groups in total. The first kappa shape index (κ1) is 21.0. The van der Waals surface area contributed by atoms with Crippen LogP contribution < -0.4 is 4.90 Å². The molecule has 0 radical (unpaired) electrons. The number of ether oxygens (including phenoxy) is 2. The predicted octanol–water partition coefficient (Wildman–Crippen LogP) is 2.75. The normalized spacial score (nSPS) is 20.5. The Morgan fingerprint density at radius 2 is 1.78 bits per heavy atom. The van der Waals surface area contributed by atoms with E-state index in [0.29, 0.717) is 19.5 Å². The van der Waals surface area contributed by atoms with E-state index in [4.69, 9.17) is 9.47 Å². The van der Waals surface area contributed by atoms with Gasteiger partial charge < -0.3 is 9.47 Å². The van der Waals surface area contributed by atoms with Crippen molar-refractivity contribution < 1.29 is 27.1 Å². The molecule has 1 amide bonds. The molecular weight excluding hydrogens is 437 g/mol. The zero-order valence-electron chi connectivity index (χ0n) is 17.1. The first-order chi connectivity index (χ1) is 15.4. The number of halogens is 1. The van der Waals surface area contributed by atoms with Gasteiger partial charge in [0.1, 0.15) is 17.6 Å². The third kappa shape index (κ3) is 2.97. The van der Waals surface area contributed by atoms with Gasteiger partial charge in [0.15, 0.2) is 0 Å². The van der Waals surface area contributed by atoms with Crippen LogP contribution in [0.1, 0.15) is 30.4 Å². The Balaban J connectivity index is 1.71. The van der Waals surface area contributed by atoms with Crippen molar-refractivity contribution >= 4 is 27.3 Å². The molecule has 10 heteroatoms. The van der Waals surface area contributed by atoms with Crippen molar-refractivity contribution in [2.24, 2.45) is 0 Å². The van der Waals surface area contributed by atoms with Gasteiger partial charge in [-0.25, -0.2) is 12.8 Å². The van der Waals surface area contributed by atoms with Crippen molar-refractivity contribution in [1.29, 1.82) is 5.26 Å². The van der Waals surface area contributed by atoms with Crippen LogP contribution in [0, 0.1) is 17.1 Å². The maximum Gasteiger partial charge on any atom is 0.297 e. The van der Waals surface area contributed by atoms with Gasteiger partial charge in [-0.05, 0) is 49.6 Å². The van der Waals surface area contributed by atoms with Gasteiger partial charge >= 0.3 is 0 Å². The Morgan fingerprint density at radius 3 is 2.47 bits per heavy atom. The van der Waals surface area contributed by atoms with E-state index in [1.165, 1.54) is 34.6 Å². The number of fused-ring (bicyclic) bond motifs is 2. The molecule has 3 aliphatic rings. The molecule has 2 saturated heterocycles. The topological polar surface area (TPSA) is 99.9 Å². The standard InChI is InChI=1S/C22H20FN3O5S/c23-18-6-3-5-15(14-24)20(18)26-19-8-7-16(32(28,29)25-9-1-2-10-25)13-17(19)22(21(26)27)30-11-4-12-31-22/h3,5-8,13H,1-2,4,9-12H2. The molecule has 2 aromatic carbocycles. The fourth-order valence-corrected chi connectivity index (χ4v) is 5.99. The van der Waals surface area contributed by atoms with E-state index >= 15 is 0 Å². The third-order valence-corrected chi connectivity index (χ3v) is 7.88. The Kier molecular flexibility index (Phi) is 5.02. The van der Waals surface area contributed by atoms with Crippen LogP contribution >= 0.6 is 0 Å². The van der Waals surface area contributed by atoms with Crippen LogP contribution in [-0.2, 0) is 30.1 Å². The van der Waals surface area contributed by atoms with Crippen LogP contribution in [0.15, 0.2) is 41.3 Å². The van der Waals surface area contributed by atoms with Crippen LogP contribution in [0.25, 0.3) is 0 Å². The van der Waals surface area contributed by atoms with E-state index in [1.54, 1.807) is 0 Å². The Labute approximate surface area is 184 Å². The Morgan fingerprint density at radius 1 is 1.06 bits per heavy atom. The van der Waals surface area contributed by atoms with Crippen molar-refractivity contribution in [2.45, 2.75) is 29.9 Å². The van der Waals surface area contributed by atoms with Crippen molar-refractivity contribution in [3.05, 3.63) is 53.3 Å². The lowest BCUT2D eigenvalue weighted by Crippen LogP contribution is -2.46. The van der Waals surface area contributed by atoms with Gasteiger partial charge in [-0.1, -0.05) is 6.07 Å². The van der Waals surface area contributed by atoms with Crippen molar-refractivity contribution in [1.82, 2.24) is 4.31 Å². The summed E-state index contributed by atoms with van der Waals surface area (Å²) in [5.74, 6) is -3.37. The number of amides is 1. The summed E-state index contributed by atoms with van der Waals surface area (Å²) in [6.45, 7) is 1.29. The van der Waals surface area contributed by atoms with Gasteiger partial charge in [0.25, 0.3) is 11.7 Å². The number of benzene rings is 2. The van der Waals surface area contributed by atoms with Gasteiger partial charge in [0.05, 0.1) is 29.4 Å². The molecule has 0 aliphatic carbocycles. The van der Waals surface area contributed by atoms with E-state index in [1.807, 2.05) is 6.07 Å². The number of carbonyl (C=O) groups is 1. The smallest absolute Gasteiger partial charge is 0.297 e. The quantitative estimate of drug-likeness (QED) is 0.703. The van der Waals surface area contributed by atoms with Gasteiger partial charge in [0, 0.05) is 18.7 Å². The molecular formula is C22H20FN3O5S. The summed E-state index contributed by atoms with van der Waals surface area (Å²) in [5.41, 5.74) is 0.158. The van der Waals surface area contributed by atoms with Crippen molar-refractivity contribution in [3.8, 4) is 6.07 Å². The molecule has 8 nitrogen and oxygen atoms in total. The number of nitrogens with zero attached hydrogens (tertiary/aromatic N) is 3. The first-order valence-electron chi connectivity index (χ1n) is 10.4. The van der Waals surface area contributed by atoms with Gasteiger partial charge in [-0.2, -0.15) is 9.57 Å². The summed E-state index contributed by atoms with van der Waals surface area (Å²) >= 11 is 0. The number of hydrogen-bond acceptors (Lipinski definition) is 6. The first-order valence-corrected chi connectivity index (χ1v) is 11.8. The summed E-state index contributed by atoms with van der Waals surface area (Å²) < 4.78 is 54.1. The minimum absolute atomic E-state index is 0.0130. The molecule has 2 aromatic rings. The lowest BCUT2D eigenvalue weighted by atomic mass is 10.1. The van der Waals surface area contributed by atoms with Crippen LogP contribution in [0.5, 0.6) is 0 Å². The summed E-state index contributed by atoms with van der Waals surface area (Å²) in [6, 6.07) is 10.1. The minimum Gasteiger partial charge on any atom is -0.338 e. The zero-order valence-corrected chi connectivity index (χ0v) is 17.9. The average molecular weight is 457 g/mol. The SMILES string of the molecule is N#Cc1cccc(F)c1N1C(=O)C2(OCCCO2)c2cc(S(=O)(=O)N3CCCC3)ccc21. The summed E-state index contributed by atoms with van der Waals surface area (Å²) in [6.07, 6.45) is 2.13. The molecule has 0 atom stereocenters. The lowest BCUT2D eigenvalue weighted by molar-refractivity contribution is -0.256. The number of nitriles is 1. The fourth-order valence-electron chi connectivity index (χ4n) is 4.45. The highest BCUT2D eigenvalue weighted by atomic mass is 32.2. The van der Waals surface area contributed by atoms with Crippen LogP contribution in [-0.4, -0.2) is 44.9 Å². The largest absolute Gasteiger partial charge is 0.338 e. The molecule has 0 unspecified atom stereocenters. The van der Waals surface area contributed by atoms with Gasteiger partial charge in [-0.15, -0.1) is 0 Å². The van der Waals surface area contributed by atoms with Crippen LogP contribution in [0.3, 0.4) is 0 Å². The molecule has 3 aliphatic heterocycles. The molecule has 3 heterocycles. The van der Waals surface area contributed by atoms with Crippen LogP contribution in [0.2, 0.25) is 0 Å². The van der Waals surface area contributed by atoms with E-state index in [9.17, 15) is 22.9 Å². The van der Waals surface area contributed by atoms with E-state index in [0.717, 1.165) is 23.8 Å². The second kappa shape index (κ2) is 7.64. The molecule has 166 valence electrons. The molecule has 1 spiro atoms. The number of sulfonamides is 1. The molecule has 0 bridgehead atoms. The molecule has 0 saturated carbocycles. The monoisotopic (exact) mass is 457 g/mol. The maximum atomic E-state index is 14.9. The minimum atomic E-state index is -3.77. The average Bonchev–Trinajstić information content (AvgIpc) is 3.42. The predicted molar refractivity (Wildman–Crippen MR) is 111 cm³/mol. The van der Waals surface area contributed by atoms with Crippen LogP contribution in [0.4, 0.5) is 15.8 Å². The molecule has 5 rings (SSSR count). The third-order valence-electron chi connectivity index (χ3n) is 5.98. The van der Waals surface area contributed by atoms with Gasteiger partial charge in [0.2, 0.25) is 10.0 Å². The van der Waals surface area contributed by atoms with Crippen molar-refractivity contribution in [3.63, 3.8) is 0 Å². The number of carbonyl (C=O) groups excluding carboxylic acids is 1. The molecule has 0 aromatic heterocycles. The van der Waals surface area contributed by atoms with Gasteiger partial charge in [-0.3, -0.25) is 9.69 Å². The molecule has 32 heavy (non-hydrogen) atoms. The Hall–Kier alpha value is -2.84. The van der Waals surface area contributed by atoms with E-state index in [2.05, 4.69) is 0 Å². The van der Waals surface area contributed by atoms with E-state index in [-0.39, 0.29) is 40.6 Å². The highest BCUT2D eigenvalue weighted by Gasteiger charge is 2.56. The van der Waals surface area contributed by atoms with E-state index < -0.39 is 27.5 Å². The zero-order chi connectivity index (χ0) is 22.5. The summed E-state index contributed by atoms with van der Waals surface area (Å²) in [5, 5.41) is 9.51. The molecule has 2 fully saturated rings. The van der Waals surface area contributed by atoms with Crippen molar-refractivity contribution in [2.75, 3.05) is 31.2 Å². The second-order valence-electron chi connectivity index (χ2n) is 7.85. The number of rotatable bonds is 3. The Bertz CT molecular complexity index is 1240. The maximum absolute atomic E-state index is 14.9.